The van der Waals surface area contributed by atoms with Gasteiger partial charge in [-0.2, -0.15) is 0 Å². The zero-order valence-corrected chi connectivity index (χ0v) is 20.3. The molecule has 202 valence electrons. The molecule has 0 aliphatic rings. The molecule has 33 heavy (non-hydrogen) atoms. The van der Waals surface area contributed by atoms with E-state index in [0.717, 1.165) is 0 Å². The van der Waals surface area contributed by atoms with Gasteiger partial charge in [-0.15, -0.1) is 0 Å². The third-order valence-corrected chi connectivity index (χ3v) is 6.54. The van der Waals surface area contributed by atoms with Gasteiger partial charge in [-0.3, -0.25) is 4.39 Å². The van der Waals surface area contributed by atoms with Gasteiger partial charge in [0, 0.05) is 0 Å². The summed E-state index contributed by atoms with van der Waals surface area (Å²) in [5, 5.41) is 0. The van der Waals surface area contributed by atoms with E-state index in [1.54, 1.807) is 0 Å². The number of rotatable bonds is 16. The van der Waals surface area contributed by atoms with Gasteiger partial charge in [-0.1, -0.05) is 0 Å². The highest BCUT2D eigenvalue weighted by Crippen LogP contribution is 2.27. The molecule has 4 nitrogen and oxygen atoms in total. The van der Waals surface area contributed by atoms with Crippen LogP contribution in [0.15, 0.2) is 0 Å². The van der Waals surface area contributed by atoms with Crippen molar-refractivity contribution in [1.82, 2.24) is 0 Å². The normalized spacial score (nSPS) is 18.9. The molecule has 0 aliphatic heterocycles. The maximum Gasteiger partial charge on any atom is 0.168 e. The zero-order valence-electron chi connectivity index (χ0n) is 19.5. The first-order valence-electron chi connectivity index (χ1n) is 11.0. The minimum Gasteiger partial charge on any atom is -0.748 e. The van der Waals surface area contributed by atoms with E-state index in [2.05, 4.69) is 27.7 Å². The minimum atomic E-state index is -5.30. The molecule has 13 heteroatoms. The molecular weight excluding hydrogens is 486 g/mol. The van der Waals surface area contributed by atoms with E-state index in [1.807, 2.05) is 0 Å². The predicted octanol–water partition coefficient (Wildman–Crippen LogP) is 4.92. The molecule has 0 bridgehead atoms. The number of nitrogens with zero attached hydrogens (tertiary/aromatic N) is 1. The first kappa shape index (κ1) is 34.5. The maximum absolute atomic E-state index is 13.4. The third-order valence-electron chi connectivity index (χ3n) is 5.82. The van der Waals surface area contributed by atoms with Gasteiger partial charge >= 0.3 is 0 Å². The molecule has 7 atom stereocenters. The van der Waals surface area contributed by atoms with Gasteiger partial charge in [0.2, 0.25) is 0 Å². The molecule has 7 unspecified atom stereocenters. The summed E-state index contributed by atoms with van der Waals surface area (Å²) in [5.74, 6) is -2.02. The van der Waals surface area contributed by atoms with Crippen LogP contribution in [0.5, 0.6) is 0 Å². The average molecular weight is 524 g/mol. The molecule has 0 aromatic rings. The lowest BCUT2D eigenvalue weighted by Crippen LogP contribution is -2.47. The van der Waals surface area contributed by atoms with Crippen molar-refractivity contribution < 1.29 is 52.6 Å². The van der Waals surface area contributed by atoms with Gasteiger partial charge in [0.1, 0.15) is 12.3 Å². The van der Waals surface area contributed by atoms with Crippen molar-refractivity contribution in [3.63, 3.8) is 0 Å². The summed E-state index contributed by atoms with van der Waals surface area (Å²) in [6, 6.07) is 0. The molecule has 0 aromatic carbocycles. The smallest absolute Gasteiger partial charge is 0.168 e. The Morgan fingerprint density at radius 1 is 0.667 bits per heavy atom. The molecule has 0 aliphatic carbocycles. The van der Waals surface area contributed by atoms with Crippen LogP contribution >= 0.6 is 0 Å². The van der Waals surface area contributed by atoms with Crippen molar-refractivity contribution in [3.8, 4) is 0 Å². The van der Waals surface area contributed by atoms with E-state index in [9.17, 15) is 48.1 Å². The summed E-state index contributed by atoms with van der Waals surface area (Å²) in [5.41, 5.74) is 0. The van der Waals surface area contributed by atoms with Crippen molar-refractivity contribution in [1.29, 1.82) is 0 Å². The van der Waals surface area contributed by atoms with Gasteiger partial charge in [-0.05, 0) is 47.0 Å². The predicted molar refractivity (Wildman–Crippen MR) is 111 cm³/mol. The Hall–Kier alpha value is -0.690. The van der Waals surface area contributed by atoms with Crippen LogP contribution in [0, 0.1) is 0 Å². The van der Waals surface area contributed by atoms with Gasteiger partial charge in [-0.25, -0.2) is 39.2 Å². The van der Waals surface area contributed by atoms with Crippen molar-refractivity contribution in [3.05, 3.63) is 0 Å². The van der Waals surface area contributed by atoms with E-state index >= 15 is 0 Å². The zero-order chi connectivity index (χ0) is 26.4. The summed E-state index contributed by atoms with van der Waals surface area (Å²) in [7, 11) is -5.30. The Morgan fingerprint density at radius 2 is 1.03 bits per heavy atom. The van der Waals surface area contributed by atoms with Gasteiger partial charge < -0.3 is 9.04 Å². The Labute approximate surface area is 192 Å². The van der Waals surface area contributed by atoms with Crippen LogP contribution in [0.4, 0.5) is 35.1 Å². The lowest BCUT2D eigenvalue weighted by atomic mass is 9.98. The van der Waals surface area contributed by atoms with Gasteiger partial charge in [0.25, 0.3) is 0 Å². The van der Waals surface area contributed by atoms with Crippen molar-refractivity contribution in [2.45, 2.75) is 90.2 Å². The summed E-state index contributed by atoms with van der Waals surface area (Å²) < 4.78 is 137. The highest BCUT2D eigenvalue weighted by Gasteiger charge is 2.45. The molecular formula is C20H37F8NO3S. The molecule has 0 rings (SSSR count). The average Bonchev–Trinajstić information content (AvgIpc) is 2.77. The fraction of sp³-hybridized carbons (Fsp3) is 1.00. The Kier molecular flexibility index (Phi) is 17.6. The van der Waals surface area contributed by atoms with Crippen LogP contribution < -0.4 is 0 Å². The highest BCUT2D eigenvalue weighted by molar-refractivity contribution is 7.85. The van der Waals surface area contributed by atoms with Crippen molar-refractivity contribution in [2.75, 3.05) is 38.6 Å². The molecule has 0 N–H and O–H groups in total. The Balaban J connectivity index is 0. The standard InChI is InChI=1S/C12H18F8O3S.C8H20N/c13-4-2-1-3-6(14)8(16)10(18)12(20)11(19)9(17)7(15)5-24(21,22)23;1-5-9(6-2,7-3)8-4/h6-12H,1-5H2,(H,21,22,23);5-8H2,1-4H3/q;+1/p-1. The first-order chi connectivity index (χ1) is 15.2. The van der Waals surface area contributed by atoms with E-state index in [4.69, 9.17) is 0 Å². The lowest BCUT2D eigenvalue weighted by Gasteiger charge is -2.34. The molecule has 0 amide bonds. The number of alkyl halides is 8. The molecule has 0 spiro atoms. The summed E-state index contributed by atoms with van der Waals surface area (Å²) >= 11 is 0. The van der Waals surface area contributed by atoms with E-state index in [-0.39, 0.29) is 12.8 Å². The molecule has 0 radical (unpaired) electrons. The van der Waals surface area contributed by atoms with Crippen LogP contribution in [0.25, 0.3) is 0 Å². The molecule has 0 saturated carbocycles. The summed E-state index contributed by atoms with van der Waals surface area (Å²) in [4.78, 5) is 0. The summed E-state index contributed by atoms with van der Waals surface area (Å²) in [6.07, 6.45) is -24.5. The highest BCUT2D eigenvalue weighted by atomic mass is 32.2. The minimum absolute atomic E-state index is 0.158. The van der Waals surface area contributed by atoms with Crippen LogP contribution in [0.2, 0.25) is 0 Å². The Morgan fingerprint density at radius 3 is 1.33 bits per heavy atom. The van der Waals surface area contributed by atoms with Crippen LogP contribution in [-0.2, 0) is 10.1 Å². The van der Waals surface area contributed by atoms with E-state index < -0.39 is 72.2 Å². The largest absolute Gasteiger partial charge is 0.748 e. The van der Waals surface area contributed by atoms with Crippen LogP contribution in [0.3, 0.4) is 0 Å². The summed E-state index contributed by atoms with van der Waals surface area (Å²) in [6.45, 7) is 13.4. The van der Waals surface area contributed by atoms with Crippen molar-refractivity contribution in [2.24, 2.45) is 0 Å². The number of hydrogen-bond donors (Lipinski definition) is 0. The van der Waals surface area contributed by atoms with E-state index in [1.165, 1.54) is 30.7 Å². The second-order valence-corrected chi connectivity index (χ2v) is 9.22. The fourth-order valence-corrected chi connectivity index (χ4v) is 3.72. The first-order valence-corrected chi connectivity index (χ1v) is 12.6. The number of quaternary nitrogens is 1. The Bertz CT molecular complexity index is 580. The molecule has 0 saturated heterocycles. The van der Waals surface area contributed by atoms with Crippen LogP contribution in [-0.4, -0.2) is 99.3 Å². The lowest BCUT2D eigenvalue weighted by molar-refractivity contribution is -0.921. The molecule has 0 aromatic heterocycles. The molecule has 0 fully saturated rings. The number of hydrogen-bond acceptors (Lipinski definition) is 3. The van der Waals surface area contributed by atoms with Crippen molar-refractivity contribution >= 4 is 10.1 Å². The fourth-order valence-electron chi connectivity index (χ4n) is 3.15. The third kappa shape index (κ3) is 13.1. The van der Waals surface area contributed by atoms with Crippen LogP contribution in [0.1, 0.15) is 47.0 Å². The SMILES string of the molecule is CC[N+](CC)(CC)CC.O=S(=O)([O-])CC(F)C(F)C(F)C(F)C(F)C(F)C(F)CCCCF. The number of unbranched alkanes of at least 4 members (excludes halogenated alkanes) is 1. The monoisotopic (exact) mass is 523 g/mol. The van der Waals surface area contributed by atoms with Gasteiger partial charge in [0.05, 0.1) is 48.7 Å². The van der Waals surface area contributed by atoms with Gasteiger partial charge in [0.15, 0.2) is 30.9 Å². The number of halogens is 8. The maximum atomic E-state index is 13.4. The van der Waals surface area contributed by atoms with E-state index in [0.29, 0.717) is 0 Å². The topological polar surface area (TPSA) is 57.2 Å². The second-order valence-electron chi connectivity index (χ2n) is 7.77. The second kappa shape index (κ2) is 16.9. The quantitative estimate of drug-likeness (QED) is 0.125. The molecule has 0 heterocycles.